The summed E-state index contributed by atoms with van der Waals surface area (Å²) in [4.78, 5) is 12.4. The zero-order chi connectivity index (χ0) is 19.4. The van der Waals surface area contributed by atoms with Gasteiger partial charge >= 0.3 is 5.97 Å². The lowest BCUT2D eigenvalue weighted by atomic mass is 9.99. The number of methoxy groups -OCH3 is 3. The van der Waals surface area contributed by atoms with E-state index in [1.54, 1.807) is 0 Å². The molecule has 0 aromatic heterocycles. The Labute approximate surface area is 149 Å². The number of carbonyl (C=O) groups is 1. The SMILES string of the molecule is COc1cc(C(=O)O[C@H]2O[C@@H](CO)[C@@H](O)[C@@H](O)[C@@H]2O)cc(OC)c1OC. The molecule has 1 aliphatic rings. The first-order valence-electron chi connectivity index (χ1n) is 7.69. The molecule has 0 radical (unpaired) electrons. The molecular weight excluding hydrogens is 352 g/mol. The molecule has 4 N–H and O–H groups in total. The average Bonchev–Trinajstić information content (AvgIpc) is 2.66. The molecule has 1 aromatic rings. The van der Waals surface area contributed by atoms with Crippen LogP contribution in [0.25, 0.3) is 0 Å². The molecule has 2 rings (SSSR count). The zero-order valence-electron chi connectivity index (χ0n) is 14.5. The molecule has 1 saturated heterocycles. The molecule has 1 heterocycles. The Morgan fingerprint density at radius 3 is 2.04 bits per heavy atom. The molecule has 0 saturated carbocycles. The van der Waals surface area contributed by atoms with Crippen LogP contribution in [0, 0.1) is 0 Å². The quantitative estimate of drug-likeness (QED) is 0.442. The minimum absolute atomic E-state index is 0.0106. The lowest BCUT2D eigenvalue weighted by molar-refractivity contribution is -0.285. The number of benzene rings is 1. The van der Waals surface area contributed by atoms with Gasteiger partial charge in [-0.05, 0) is 12.1 Å². The van der Waals surface area contributed by atoms with Crippen molar-refractivity contribution in [2.24, 2.45) is 0 Å². The number of hydrogen-bond acceptors (Lipinski definition) is 10. The summed E-state index contributed by atoms with van der Waals surface area (Å²) in [6, 6.07) is 2.68. The van der Waals surface area contributed by atoms with Crippen LogP contribution in [-0.2, 0) is 9.47 Å². The molecule has 0 amide bonds. The van der Waals surface area contributed by atoms with Gasteiger partial charge in [-0.1, -0.05) is 0 Å². The molecule has 0 aliphatic carbocycles. The Morgan fingerprint density at radius 1 is 1.00 bits per heavy atom. The van der Waals surface area contributed by atoms with Crippen molar-refractivity contribution in [2.45, 2.75) is 30.7 Å². The number of esters is 1. The van der Waals surface area contributed by atoms with E-state index in [0.29, 0.717) is 0 Å². The lowest BCUT2D eigenvalue weighted by Crippen LogP contribution is -2.59. The molecule has 1 fully saturated rings. The Morgan fingerprint density at radius 2 is 1.58 bits per heavy atom. The molecule has 0 spiro atoms. The van der Waals surface area contributed by atoms with E-state index < -0.39 is 43.3 Å². The first-order chi connectivity index (χ1) is 12.4. The topological polar surface area (TPSA) is 144 Å². The number of hydrogen-bond donors (Lipinski definition) is 4. The van der Waals surface area contributed by atoms with Crippen molar-refractivity contribution < 1.29 is 48.9 Å². The molecule has 1 aromatic carbocycles. The van der Waals surface area contributed by atoms with Gasteiger partial charge in [-0.3, -0.25) is 0 Å². The van der Waals surface area contributed by atoms with Crippen LogP contribution in [0.2, 0.25) is 0 Å². The highest BCUT2D eigenvalue weighted by Gasteiger charge is 2.45. The van der Waals surface area contributed by atoms with Gasteiger partial charge in [-0.25, -0.2) is 4.79 Å². The number of ether oxygens (including phenoxy) is 5. The second kappa shape index (κ2) is 8.52. The van der Waals surface area contributed by atoms with Crippen molar-refractivity contribution >= 4 is 5.97 Å². The molecule has 26 heavy (non-hydrogen) atoms. The maximum Gasteiger partial charge on any atom is 0.340 e. The summed E-state index contributed by atoms with van der Waals surface area (Å²) in [5.41, 5.74) is 0.0106. The van der Waals surface area contributed by atoms with Crippen molar-refractivity contribution in [1.29, 1.82) is 0 Å². The standard InChI is InChI=1S/C16H22O10/c1-22-8-4-7(5-9(23-2)14(8)24-3)15(21)26-16-13(20)12(19)11(18)10(6-17)25-16/h4-5,10-13,16-20H,6H2,1-3H3/t10-,11+,12+,13-,16+/m0/s1. The third-order valence-corrected chi connectivity index (χ3v) is 3.97. The van der Waals surface area contributed by atoms with Crippen LogP contribution in [0.5, 0.6) is 17.2 Å². The lowest BCUT2D eigenvalue weighted by Gasteiger charge is -2.39. The van der Waals surface area contributed by atoms with Gasteiger partial charge in [0.15, 0.2) is 11.5 Å². The van der Waals surface area contributed by atoms with Crippen LogP contribution in [0.3, 0.4) is 0 Å². The van der Waals surface area contributed by atoms with Gasteiger partial charge in [0.05, 0.1) is 33.5 Å². The van der Waals surface area contributed by atoms with Crippen LogP contribution >= 0.6 is 0 Å². The maximum absolute atomic E-state index is 12.4. The predicted octanol–water partition coefficient (Wildman–Crippen LogP) is -1.33. The van der Waals surface area contributed by atoms with E-state index >= 15 is 0 Å². The second-order valence-electron chi connectivity index (χ2n) is 5.52. The number of carbonyl (C=O) groups excluding carboxylic acids is 1. The smallest absolute Gasteiger partial charge is 0.340 e. The van der Waals surface area contributed by atoms with Gasteiger partial charge in [-0.15, -0.1) is 0 Å². The van der Waals surface area contributed by atoms with Gasteiger partial charge < -0.3 is 44.1 Å². The van der Waals surface area contributed by atoms with Crippen LogP contribution in [0.1, 0.15) is 10.4 Å². The van der Waals surface area contributed by atoms with Crippen molar-refractivity contribution in [3.8, 4) is 17.2 Å². The van der Waals surface area contributed by atoms with Crippen LogP contribution in [0.15, 0.2) is 12.1 Å². The highest BCUT2D eigenvalue weighted by atomic mass is 16.7. The van der Waals surface area contributed by atoms with E-state index in [0.717, 1.165) is 0 Å². The number of aliphatic hydroxyl groups is 4. The van der Waals surface area contributed by atoms with Crippen molar-refractivity contribution in [3.63, 3.8) is 0 Å². The summed E-state index contributed by atoms with van der Waals surface area (Å²) < 4.78 is 25.7. The molecular formula is C16H22O10. The highest BCUT2D eigenvalue weighted by molar-refractivity contribution is 5.91. The number of rotatable bonds is 6. The molecule has 1 aliphatic heterocycles. The normalized spacial score (nSPS) is 28.3. The molecule has 10 nitrogen and oxygen atoms in total. The third-order valence-electron chi connectivity index (χ3n) is 3.97. The van der Waals surface area contributed by atoms with Gasteiger partial charge in [-0.2, -0.15) is 0 Å². The summed E-state index contributed by atoms with van der Waals surface area (Å²) in [6.07, 6.45) is -7.67. The molecule has 10 heteroatoms. The van der Waals surface area contributed by atoms with Gasteiger partial charge in [0.1, 0.15) is 24.4 Å². The minimum Gasteiger partial charge on any atom is -0.493 e. The monoisotopic (exact) mass is 374 g/mol. The van der Waals surface area contributed by atoms with E-state index in [4.69, 9.17) is 28.8 Å². The first kappa shape index (κ1) is 20.2. The van der Waals surface area contributed by atoms with Crippen molar-refractivity contribution in [2.75, 3.05) is 27.9 Å². The molecule has 146 valence electrons. The summed E-state index contributed by atoms with van der Waals surface area (Å²) in [5.74, 6) is -0.201. The van der Waals surface area contributed by atoms with Gasteiger partial charge in [0.2, 0.25) is 12.0 Å². The highest BCUT2D eigenvalue weighted by Crippen LogP contribution is 2.38. The number of aliphatic hydroxyl groups excluding tert-OH is 4. The molecule has 0 unspecified atom stereocenters. The predicted molar refractivity (Wildman–Crippen MR) is 85.3 cm³/mol. The molecule has 5 atom stereocenters. The van der Waals surface area contributed by atoms with Crippen molar-refractivity contribution in [1.82, 2.24) is 0 Å². The Balaban J connectivity index is 2.24. The van der Waals surface area contributed by atoms with E-state index in [1.807, 2.05) is 0 Å². The fraction of sp³-hybridized carbons (Fsp3) is 0.562. The largest absolute Gasteiger partial charge is 0.493 e. The summed E-state index contributed by atoms with van der Waals surface area (Å²) >= 11 is 0. The first-order valence-corrected chi connectivity index (χ1v) is 7.69. The summed E-state index contributed by atoms with van der Waals surface area (Å²) in [7, 11) is 4.17. The summed E-state index contributed by atoms with van der Waals surface area (Å²) in [5, 5.41) is 38.6. The van der Waals surface area contributed by atoms with Gasteiger partial charge in [0.25, 0.3) is 0 Å². The van der Waals surface area contributed by atoms with E-state index in [9.17, 15) is 20.1 Å². The third kappa shape index (κ3) is 3.84. The fourth-order valence-corrected chi connectivity index (χ4v) is 2.54. The van der Waals surface area contributed by atoms with Crippen LogP contribution < -0.4 is 14.2 Å². The van der Waals surface area contributed by atoms with Crippen LogP contribution in [-0.4, -0.2) is 85.0 Å². The molecule has 0 bridgehead atoms. The zero-order valence-corrected chi connectivity index (χ0v) is 14.5. The summed E-state index contributed by atoms with van der Waals surface area (Å²) in [6.45, 7) is -0.636. The Hall–Kier alpha value is -2.11. The van der Waals surface area contributed by atoms with E-state index in [2.05, 4.69) is 0 Å². The maximum atomic E-state index is 12.4. The van der Waals surface area contributed by atoms with E-state index in [-0.39, 0.29) is 22.8 Å². The van der Waals surface area contributed by atoms with Gasteiger partial charge in [0, 0.05) is 0 Å². The fourth-order valence-electron chi connectivity index (χ4n) is 2.54. The van der Waals surface area contributed by atoms with Crippen molar-refractivity contribution in [3.05, 3.63) is 17.7 Å². The Bertz CT molecular complexity index is 606. The minimum atomic E-state index is -1.70. The van der Waals surface area contributed by atoms with Crippen LogP contribution in [0.4, 0.5) is 0 Å². The second-order valence-corrected chi connectivity index (χ2v) is 5.52. The average molecular weight is 374 g/mol. The van der Waals surface area contributed by atoms with E-state index in [1.165, 1.54) is 33.5 Å². The Kier molecular flexibility index (Phi) is 6.62.